The molecule has 2 aliphatic rings. The zero-order valence-corrected chi connectivity index (χ0v) is 17.5. The van der Waals surface area contributed by atoms with E-state index in [-0.39, 0.29) is 5.54 Å². The Kier molecular flexibility index (Phi) is 4.65. The number of fused-ring (bicyclic) bond motifs is 2. The Labute approximate surface area is 178 Å². The molecule has 0 atom stereocenters. The first-order valence-corrected chi connectivity index (χ1v) is 10.4. The monoisotopic (exact) mass is 429 g/mol. The Balaban J connectivity index is 1.47. The molecule has 0 bridgehead atoms. The first kappa shape index (κ1) is 18.7. The van der Waals surface area contributed by atoms with Gasteiger partial charge >= 0.3 is 0 Å². The van der Waals surface area contributed by atoms with Gasteiger partial charge in [-0.2, -0.15) is 0 Å². The molecule has 1 aromatic heterocycles. The number of aromatic nitrogens is 1. The maximum atomic E-state index is 6.25. The number of anilines is 1. The van der Waals surface area contributed by atoms with Gasteiger partial charge < -0.3 is 20.0 Å². The first-order valence-electron chi connectivity index (χ1n) is 9.66. The number of hydrogen-bond acceptors (Lipinski definition) is 6. The molecule has 3 heterocycles. The molecular weight excluding hydrogens is 409 g/mol. The largest absolute Gasteiger partial charge is 0.439 e. The van der Waals surface area contributed by atoms with Crippen molar-refractivity contribution in [1.29, 1.82) is 0 Å². The molecule has 0 radical (unpaired) electrons. The SMILES string of the molecule is CN1CCC2(CC1)Nc1cc(Cl)c(Cl)cc1N=C2NCc1nc2ccccc2o1. The number of nitrogens with one attached hydrogen (secondary N) is 2. The smallest absolute Gasteiger partial charge is 0.214 e. The lowest BCUT2D eigenvalue weighted by Gasteiger charge is -2.44. The molecule has 150 valence electrons. The number of nitrogens with zero attached hydrogens (tertiary/aromatic N) is 3. The number of oxazole rings is 1. The number of amidine groups is 1. The molecule has 3 aromatic rings. The summed E-state index contributed by atoms with van der Waals surface area (Å²) in [7, 11) is 2.14. The zero-order valence-electron chi connectivity index (χ0n) is 16.0. The summed E-state index contributed by atoms with van der Waals surface area (Å²) in [4.78, 5) is 11.8. The standard InChI is InChI=1S/C21H21Cl2N5O/c1-28-8-6-21(7-9-28)20(26-16-10-13(22)14(23)11-17(16)27-21)24-12-19-25-15-4-2-3-5-18(15)29-19/h2-5,10-11,27H,6-9,12H2,1H3,(H,24,26). The van der Waals surface area contributed by atoms with Gasteiger partial charge in [-0.25, -0.2) is 9.98 Å². The zero-order chi connectivity index (χ0) is 20.0. The third kappa shape index (κ3) is 3.45. The van der Waals surface area contributed by atoms with E-state index in [1.165, 1.54) is 0 Å². The number of rotatable bonds is 2. The molecule has 6 nitrogen and oxygen atoms in total. The summed E-state index contributed by atoms with van der Waals surface area (Å²) in [6, 6.07) is 11.4. The van der Waals surface area contributed by atoms with Crippen molar-refractivity contribution in [3.8, 4) is 0 Å². The van der Waals surface area contributed by atoms with Gasteiger partial charge in [0.2, 0.25) is 5.89 Å². The second-order valence-electron chi connectivity index (χ2n) is 7.68. The molecule has 2 N–H and O–H groups in total. The second-order valence-corrected chi connectivity index (χ2v) is 8.50. The van der Waals surface area contributed by atoms with E-state index in [4.69, 9.17) is 32.6 Å². The lowest BCUT2D eigenvalue weighted by molar-refractivity contribution is 0.238. The highest BCUT2D eigenvalue weighted by Gasteiger charge is 2.41. The summed E-state index contributed by atoms with van der Waals surface area (Å²) in [5.41, 5.74) is 3.06. The summed E-state index contributed by atoms with van der Waals surface area (Å²) < 4.78 is 5.86. The first-order chi connectivity index (χ1) is 14.0. The third-order valence-electron chi connectivity index (χ3n) is 5.68. The number of para-hydroxylation sites is 2. The Morgan fingerprint density at radius 2 is 1.93 bits per heavy atom. The van der Waals surface area contributed by atoms with Gasteiger partial charge in [-0.3, -0.25) is 0 Å². The fraction of sp³-hybridized carbons (Fsp3) is 0.333. The van der Waals surface area contributed by atoms with E-state index in [9.17, 15) is 0 Å². The van der Waals surface area contributed by atoms with E-state index in [2.05, 4.69) is 27.6 Å². The third-order valence-corrected chi connectivity index (χ3v) is 6.41. The Morgan fingerprint density at radius 3 is 2.72 bits per heavy atom. The van der Waals surface area contributed by atoms with Crippen molar-refractivity contribution in [2.45, 2.75) is 24.9 Å². The van der Waals surface area contributed by atoms with Crippen molar-refractivity contribution in [3.05, 3.63) is 52.3 Å². The second kappa shape index (κ2) is 7.20. The fourth-order valence-electron chi connectivity index (χ4n) is 4.00. The highest BCUT2D eigenvalue weighted by atomic mass is 35.5. The van der Waals surface area contributed by atoms with Crippen molar-refractivity contribution < 1.29 is 4.42 Å². The lowest BCUT2D eigenvalue weighted by atomic mass is 9.84. The van der Waals surface area contributed by atoms with Crippen LogP contribution in [-0.4, -0.2) is 41.4 Å². The summed E-state index contributed by atoms with van der Waals surface area (Å²) in [5.74, 6) is 1.52. The Bertz CT molecular complexity index is 1070. The number of piperidine rings is 1. The van der Waals surface area contributed by atoms with Crippen LogP contribution in [0.5, 0.6) is 0 Å². The summed E-state index contributed by atoms with van der Waals surface area (Å²) >= 11 is 12.5. The summed E-state index contributed by atoms with van der Waals surface area (Å²) in [6.45, 7) is 2.42. The van der Waals surface area contributed by atoms with Crippen molar-refractivity contribution in [2.75, 3.05) is 25.5 Å². The highest BCUT2D eigenvalue weighted by Crippen LogP contribution is 2.41. The predicted molar refractivity (Wildman–Crippen MR) is 117 cm³/mol. The number of hydrogen-bond donors (Lipinski definition) is 2. The van der Waals surface area contributed by atoms with E-state index in [1.54, 1.807) is 6.07 Å². The van der Waals surface area contributed by atoms with Crippen molar-refractivity contribution >= 4 is 51.5 Å². The lowest BCUT2D eigenvalue weighted by Crippen LogP contribution is -2.58. The minimum Gasteiger partial charge on any atom is -0.439 e. The van der Waals surface area contributed by atoms with Crippen LogP contribution in [0.1, 0.15) is 18.7 Å². The molecule has 0 unspecified atom stereocenters. The van der Waals surface area contributed by atoms with E-state index in [0.29, 0.717) is 22.5 Å². The molecule has 8 heteroatoms. The van der Waals surface area contributed by atoms with Gasteiger partial charge in [0.25, 0.3) is 0 Å². The molecule has 1 spiro atoms. The molecule has 5 rings (SSSR count). The Morgan fingerprint density at radius 1 is 1.17 bits per heavy atom. The number of benzene rings is 2. The van der Waals surface area contributed by atoms with Gasteiger partial charge in [0.05, 0.1) is 33.5 Å². The summed E-state index contributed by atoms with van der Waals surface area (Å²) in [5, 5.41) is 8.21. The van der Waals surface area contributed by atoms with Crippen molar-refractivity contribution in [3.63, 3.8) is 0 Å². The molecular formula is C21H21Cl2N5O. The van der Waals surface area contributed by atoms with E-state index in [1.807, 2.05) is 30.3 Å². The summed E-state index contributed by atoms with van der Waals surface area (Å²) in [6.07, 6.45) is 1.87. The number of likely N-dealkylation sites (tertiary alicyclic amines) is 1. The van der Waals surface area contributed by atoms with E-state index >= 15 is 0 Å². The Hall–Kier alpha value is -2.28. The average molecular weight is 430 g/mol. The molecule has 1 fully saturated rings. The van der Waals surface area contributed by atoms with E-state index in [0.717, 1.165) is 54.2 Å². The van der Waals surface area contributed by atoms with Gasteiger partial charge in [0.15, 0.2) is 5.58 Å². The molecule has 0 amide bonds. The van der Waals surface area contributed by atoms with Gasteiger partial charge in [-0.1, -0.05) is 35.3 Å². The molecule has 29 heavy (non-hydrogen) atoms. The highest BCUT2D eigenvalue weighted by molar-refractivity contribution is 6.42. The minimum atomic E-state index is -0.275. The van der Waals surface area contributed by atoms with Crippen LogP contribution in [0, 0.1) is 0 Å². The van der Waals surface area contributed by atoms with Gasteiger partial charge in [-0.05, 0) is 44.2 Å². The van der Waals surface area contributed by atoms with Crippen LogP contribution in [0.25, 0.3) is 11.1 Å². The van der Waals surface area contributed by atoms with Crippen LogP contribution in [0.2, 0.25) is 10.0 Å². The molecule has 0 aliphatic carbocycles. The van der Waals surface area contributed by atoms with Gasteiger partial charge in [0, 0.05) is 13.1 Å². The van der Waals surface area contributed by atoms with Gasteiger partial charge in [0.1, 0.15) is 11.4 Å². The van der Waals surface area contributed by atoms with Crippen LogP contribution in [0.3, 0.4) is 0 Å². The molecule has 2 aromatic carbocycles. The average Bonchev–Trinajstić information content (AvgIpc) is 3.13. The maximum absolute atomic E-state index is 6.25. The maximum Gasteiger partial charge on any atom is 0.214 e. The minimum absolute atomic E-state index is 0.275. The van der Waals surface area contributed by atoms with Crippen LogP contribution in [0.4, 0.5) is 11.4 Å². The van der Waals surface area contributed by atoms with Crippen molar-refractivity contribution in [2.24, 2.45) is 4.99 Å². The van der Waals surface area contributed by atoms with Crippen molar-refractivity contribution in [1.82, 2.24) is 15.2 Å². The molecule has 2 aliphatic heterocycles. The number of aliphatic imine (C=N–C) groups is 1. The quantitative estimate of drug-likeness (QED) is 0.609. The molecule has 1 saturated heterocycles. The van der Waals surface area contributed by atoms with Gasteiger partial charge in [-0.15, -0.1) is 0 Å². The van der Waals surface area contributed by atoms with Crippen LogP contribution in [0.15, 0.2) is 45.8 Å². The van der Waals surface area contributed by atoms with E-state index < -0.39 is 0 Å². The predicted octanol–water partition coefficient (Wildman–Crippen LogP) is 4.84. The van der Waals surface area contributed by atoms with Crippen LogP contribution in [-0.2, 0) is 6.54 Å². The van der Waals surface area contributed by atoms with Crippen LogP contribution >= 0.6 is 23.2 Å². The van der Waals surface area contributed by atoms with Crippen LogP contribution < -0.4 is 10.6 Å². The normalized spacial score (nSPS) is 18.4. The number of halogens is 2. The fourth-order valence-corrected chi connectivity index (χ4v) is 4.32. The molecule has 0 saturated carbocycles. The topological polar surface area (TPSA) is 65.7 Å².